The average molecular weight is 326 g/mol. The van der Waals surface area contributed by atoms with E-state index in [4.69, 9.17) is 4.74 Å². The topological polar surface area (TPSA) is 12.5 Å². The van der Waals surface area contributed by atoms with Crippen molar-refractivity contribution in [1.82, 2.24) is 4.90 Å². The van der Waals surface area contributed by atoms with E-state index in [1.807, 2.05) is 0 Å². The smallest absolute Gasteiger partial charge is 0.0760 e. The Morgan fingerprint density at radius 1 is 1.16 bits per heavy atom. The Morgan fingerprint density at radius 2 is 1.74 bits per heavy atom. The largest absolute Gasteiger partial charge is 0.367 e. The third-order valence-electron chi connectivity index (χ3n) is 3.43. The first-order valence-electron chi connectivity index (χ1n) is 6.85. The zero-order chi connectivity index (χ0) is 14.3. The number of morpholine rings is 1. The van der Waals surface area contributed by atoms with Crippen molar-refractivity contribution in [3.63, 3.8) is 0 Å². The van der Waals surface area contributed by atoms with Gasteiger partial charge in [0, 0.05) is 24.1 Å². The van der Waals surface area contributed by atoms with Crippen molar-refractivity contribution in [3.8, 4) is 0 Å². The fourth-order valence-corrected chi connectivity index (χ4v) is 3.52. The normalized spacial score (nSPS) is 22.4. The number of aryl methyl sites for hydroxylation is 1. The average Bonchev–Trinajstić information content (AvgIpc) is 2.20. The summed E-state index contributed by atoms with van der Waals surface area (Å²) in [6.45, 7) is 13.7. The Hall–Kier alpha value is -0.380. The van der Waals surface area contributed by atoms with E-state index in [1.165, 1.54) is 15.6 Å². The maximum Gasteiger partial charge on any atom is 0.0760 e. The van der Waals surface area contributed by atoms with Gasteiger partial charge in [0.2, 0.25) is 0 Å². The Bertz CT molecular complexity index is 452. The van der Waals surface area contributed by atoms with Crippen molar-refractivity contribution in [2.75, 3.05) is 13.1 Å². The van der Waals surface area contributed by atoms with Crippen molar-refractivity contribution in [1.29, 1.82) is 0 Å². The van der Waals surface area contributed by atoms with E-state index >= 15 is 0 Å². The van der Waals surface area contributed by atoms with Crippen LogP contribution >= 0.6 is 15.9 Å². The van der Waals surface area contributed by atoms with Crippen LogP contribution in [0, 0.1) is 6.92 Å². The van der Waals surface area contributed by atoms with Crippen LogP contribution in [0.2, 0.25) is 0 Å². The van der Waals surface area contributed by atoms with Gasteiger partial charge in [-0.2, -0.15) is 0 Å². The summed E-state index contributed by atoms with van der Waals surface area (Å²) in [7, 11) is 0. The molecule has 0 unspecified atom stereocenters. The fraction of sp³-hybridized carbons (Fsp3) is 0.625. The number of rotatable bonds is 2. The van der Waals surface area contributed by atoms with Gasteiger partial charge in [0.05, 0.1) is 11.2 Å². The van der Waals surface area contributed by atoms with Crippen LogP contribution < -0.4 is 0 Å². The molecular formula is C16H24BrNO. The van der Waals surface area contributed by atoms with Crippen molar-refractivity contribution < 1.29 is 4.74 Å². The summed E-state index contributed by atoms with van der Waals surface area (Å²) in [6.07, 6.45) is 0. The summed E-state index contributed by atoms with van der Waals surface area (Å²) in [6, 6.07) is 6.47. The molecule has 1 heterocycles. The maximum absolute atomic E-state index is 6.13. The van der Waals surface area contributed by atoms with Gasteiger partial charge >= 0.3 is 0 Å². The first-order valence-corrected chi connectivity index (χ1v) is 7.64. The summed E-state index contributed by atoms with van der Waals surface area (Å²) in [5.74, 6) is 0. The number of benzene rings is 1. The predicted octanol–water partition coefficient (Wildman–Crippen LogP) is 4.15. The van der Waals surface area contributed by atoms with Crippen LogP contribution in [-0.4, -0.2) is 29.2 Å². The van der Waals surface area contributed by atoms with E-state index in [9.17, 15) is 0 Å². The Labute approximate surface area is 125 Å². The lowest BCUT2D eigenvalue weighted by atomic mass is 9.98. The molecular weight excluding hydrogens is 302 g/mol. The van der Waals surface area contributed by atoms with Crippen LogP contribution in [-0.2, 0) is 11.3 Å². The Morgan fingerprint density at radius 3 is 2.32 bits per heavy atom. The molecule has 0 bridgehead atoms. The quantitative estimate of drug-likeness (QED) is 0.810. The van der Waals surface area contributed by atoms with Crippen LogP contribution in [0.25, 0.3) is 0 Å². The minimum atomic E-state index is -0.0853. The summed E-state index contributed by atoms with van der Waals surface area (Å²) in [4.78, 5) is 2.49. The molecule has 1 fully saturated rings. The zero-order valence-electron chi connectivity index (χ0n) is 12.6. The molecule has 19 heavy (non-hydrogen) atoms. The van der Waals surface area contributed by atoms with Crippen molar-refractivity contribution in [2.24, 2.45) is 0 Å². The summed E-state index contributed by atoms with van der Waals surface area (Å²) < 4.78 is 7.36. The molecule has 2 nitrogen and oxygen atoms in total. The zero-order valence-corrected chi connectivity index (χ0v) is 14.2. The maximum atomic E-state index is 6.13. The van der Waals surface area contributed by atoms with Gasteiger partial charge in [-0.05, 0) is 45.7 Å². The van der Waals surface area contributed by atoms with Crippen LogP contribution in [0.4, 0.5) is 0 Å². The first kappa shape index (κ1) is 15.0. The molecule has 0 radical (unpaired) electrons. The van der Waals surface area contributed by atoms with Gasteiger partial charge in [-0.25, -0.2) is 0 Å². The lowest BCUT2D eigenvalue weighted by Gasteiger charge is -2.47. The highest BCUT2D eigenvalue weighted by Gasteiger charge is 2.38. The molecule has 1 aromatic carbocycles. The Balaban J connectivity index is 2.16. The molecule has 1 aromatic rings. The van der Waals surface area contributed by atoms with Gasteiger partial charge in [0.1, 0.15) is 0 Å². The minimum Gasteiger partial charge on any atom is -0.367 e. The van der Waals surface area contributed by atoms with Crippen LogP contribution in [0.1, 0.15) is 38.8 Å². The molecule has 0 N–H and O–H groups in total. The van der Waals surface area contributed by atoms with Gasteiger partial charge in [0.15, 0.2) is 0 Å². The van der Waals surface area contributed by atoms with E-state index in [-0.39, 0.29) is 11.2 Å². The van der Waals surface area contributed by atoms with Gasteiger partial charge < -0.3 is 4.74 Å². The molecule has 2 rings (SSSR count). The molecule has 3 heteroatoms. The molecule has 1 aliphatic rings. The van der Waals surface area contributed by atoms with Crippen LogP contribution in [0.15, 0.2) is 22.7 Å². The second-order valence-electron chi connectivity index (χ2n) is 6.81. The van der Waals surface area contributed by atoms with E-state index in [0.29, 0.717) is 0 Å². The van der Waals surface area contributed by atoms with Crippen LogP contribution in [0.3, 0.4) is 0 Å². The van der Waals surface area contributed by atoms with Gasteiger partial charge in [0.25, 0.3) is 0 Å². The lowest BCUT2D eigenvalue weighted by Crippen LogP contribution is -2.56. The van der Waals surface area contributed by atoms with E-state index < -0.39 is 0 Å². The highest BCUT2D eigenvalue weighted by Crippen LogP contribution is 2.30. The highest BCUT2D eigenvalue weighted by atomic mass is 79.9. The minimum absolute atomic E-state index is 0.0853. The van der Waals surface area contributed by atoms with E-state index in [1.54, 1.807) is 0 Å². The number of hydrogen-bond donors (Lipinski definition) is 0. The number of ether oxygens (including phenoxy) is 1. The van der Waals surface area contributed by atoms with Crippen molar-refractivity contribution in [2.45, 2.75) is 52.4 Å². The third kappa shape index (κ3) is 3.80. The van der Waals surface area contributed by atoms with Gasteiger partial charge in [-0.15, -0.1) is 0 Å². The monoisotopic (exact) mass is 325 g/mol. The number of nitrogens with zero attached hydrogens (tertiary/aromatic N) is 1. The van der Waals surface area contributed by atoms with E-state index in [0.717, 1.165) is 19.6 Å². The molecule has 106 valence electrons. The molecule has 0 saturated carbocycles. The van der Waals surface area contributed by atoms with Gasteiger partial charge in [-0.3, -0.25) is 4.90 Å². The van der Waals surface area contributed by atoms with Crippen LogP contribution in [0.5, 0.6) is 0 Å². The molecule has 0 amide bonds. The lowest BCUT2D eigenvalue weighted by molar-refractivity contribution is -0.182. The summed E-state index contributed by atoms with van der Waals surface area (Å²) in [5, 5.41) is 0. The SMILES string of the molecule is Cc1cccc(CN2CC(C)(C)OC(C)(C)C2)c1Br. The summed E-state index contributed by atoms with van der Waals surface area (Å²) >= 11 is 3.71. The summed E-state index contributed by atoms with van der Waals surface area (Å²) in [5.41, 5.74) is 2.48. The second-order valence-corrected chi connectivity index (χ2v) is 7.61. The van der Waals surface area contributed by atoms with Crippen molar-refractivity contribution >= 4 is 15.9 Å². The molecule has 0 atom stereocenters. The molecule has 0 aromatic heterocycles. The third-order valence-corrected chi connectivity index (χ3v) is 4.56. The number of hydrogen-bond acceptors (Lipinski definition) is 2. The fourth-order valence-electron chi connectivity index (χ4n) is 3.13. The molecule has 1 saturated heterocycles. The predicted molar refractivity (Wildman–Crippen MR) is 83.4 cm³/mol. The first-order chi connectivity index (χ1) is 8.69. The van der Waals surface area contributed by atoms with Crippen molar-refractivity contribution in [3.05, 3.63) is 33.8 Å². The van der Waals surface area contributed by atoms with Gasteiger partial charge in [-0.1, -0.05) is 34.1 Å². The molecule has 0 aliphatic carbocycles. The standard InChI is InChI=1S/C16H24BrNO/c1-12-7-6-8-13(14(12)17)9-18-10-15(2,3)19-16(4,5)11-18/h6-8H,9-11H2,1-5H3. The molecule has 0 spiro atoms. The highest BCUT2D eigenvalue weighted by molar-refractivity contribution is 9.10. The van der Waals surface area contributed by atoms with E-state index in [2.05, 4.69) is 73.6 Å². The Kier molecular flexibility index (Phi) is 4.10. The number of halogens is 1. The second kappa shape index (κ2) is 5.19. The molecule has 1 aliphatic heterocycles.